The molecule has 0 heterocycles. The van der Waals surface area contributed by atoms with Crippen molar-refractivity contribution in [3.8, 4) is 11.5 Å². The predicted molar refractivity (Wildman–Crippen MR) is 148 cm³/mol. The van der Waals surface area contributed by atoms with Crippen LogP contribution in [0.3, 0.4) is 0 Å². The molecule has 9 nitrogen and oxygen atoms in total. The molecule has 2 rings (SSSR count). The highest BCUT2D eigenvalue weighted by Crippen LogP contribution is 2.11. The van der Waals surface area contributed by atoms with Crippen molar-refractivity contribution in [1.29, 1.82) is 0 Å². The van der Waals surface area contributed by atoms with Gasteiger partial charge in [-0.15, -0.1) is 0 Å². The molecule has 0 fully saturated rings. The number of nitrogens with zero attached hydrogens (tertiary/aromatic N) is 1. The molecule has 0 radical (unpaired) electrons. The molecule has 0 aliphatic rings. The Morgan fingerprint density at radius 1 is 0.886 bits per heavy atom. The Kier molecular flexibility index (Phi) is 13.4. The van der Waals surface area contributed by atoms with Crippen LogP contribution in [0.5, 0.6) is 11.5 Å². The molecule has 35 heavy (non-hydrogen) atoms. The lowest BCUT2D eigenvalue weighted by Gasteiger charge is -2.17. The van der Waals surface area contributed by atoms with Gasteiger partial charge in [-0.1, -0.05) is 24.3 Å². The van der Waals surface area contributed by atoms with Gasteiger partial charge in [-0.25, -0.2) is 5.43 Å². The van der Waals surface area contributed by atoms with Crippen molar-refractivity contribution in [3.63, 3.8) is 0 Å². The second-order valence-corrected chi connectivity index (χ2v) is 8.13. The van der Waals surface area contributed by atoms with Crippen LogP contribution in [0.1, 0.15) is 24.5 Å². The van der Waals surface area contributed by atoms with Crippen LogP contribution in [-0.2, 0) is 17.8 Å². The lowest BCUT2D eigenvalue weighted by Crippen LogP contribution is -2.49. The second kappa shape index (κ2) is 16.6. The number of hydrazine groups is 1. The molecule has 2 aromatic rings. The van der Waals surface area contributed by atoms with Gasteiger partial charge in [0.25, 0.3) is 0 Å². The van der Waals surface area contributed by atoms with Crippen LogP contribution in [0.2, 0.25) is 0 Å². The number of thiocarbonyl (C=S) groups is 2. The van der Waals surface area contributed by atoms with E-state index in [1.807, 2.05) is 55.5 Å². The normalized spacial score (nSPS) is 11.5. The van der Waals surface area contributed by atoms with Crippen molar-refractivity contribution < 1.29 is 14.2 Å². The third-order valence-electron chi connectivity index (χ3n) is 4.79. The predicted octanol–water partition coefficient (Wildman–Crippen LogP) is 2.62. The van der Waals surface area contributed by atoms with Crippen molar-refractivity contribution in [2.75, 3.05) is 27.4 Å². The smallest absolute Gasteiger partial charge is 0.187 e. The Labute approximate surface area is 218 Å². The molecule has 0 aromatic heterocycles. The summed E-state index contributed by atoms with van der Waals surface area (Å²) in [6, 6.07) is 15.4. The summed E-state index contributed by atoms with van der Waals surface area (Å²) in [5.74, 6) is 1.63. The summed E-state index contributed by atoms with van der Waals surface area (Å²) in [5.41, 5.74) is 11.2. The zero-order chi connectivity index (χ0) is 25.3. The number of hydrogen-bond donors (Lipinski definition) is 5. The second-order valence-electron chi connectivity index (χ2n) is 7.31. The van der Waals surface area contributed by atoms with Gasteiger partial charge in [0.1, 0.15) is 11.5 Å². The molecule has 0 bridgehead atoms. The summed E-state index contributed by atoms with van der Waals surface area (Å²) in [6.07, 6.45) is 2.42. The molecule has 5 N–H and O–H groups in total. The van der Waals surface area contributed by atoms with E-state index < -0.39 is 0 Å². The molecule has 11 heteroatoms. The molecule has 1 atom stereocenters. The molecular weight excluding hydrogens is 484 g/mol. The Balaban J connectivity index is 1.75. The van der Waals surface area contributed by atoms with Crippen LogP contribution >= 0.6 is 24.4 Å². The van der Waals surface area contributed by atoms with Gasteiger partial charge in [0.05, 0.1) is 20.3 Å². The molecule has 2 aromatic carbocycles. The maximum absolute atomic E-state index is 5.47. The molecule has 0 amide bonds. The Morgan fingerprint density at radius 2 is 1.43 bits per heavy atom. The number of methoxy groups -OCH3 is 2. The van der Waals surface area contributed by atoms with Crippen LogP contribution in [0.4, 0.5) is 0 Å². The van der Waals surface area contributed by atoms with Gasteiger partial charge in [0.2, 0.25) is 0 Å². The van der Waals surface area contributed by atoms with E-state index in [9.17, 15) is 0 Å². The van der Waals surface area contributed by atoms with E-state index in [0.29, 0.717) is 42.9 Å². The standard InChI is InChI=1S/C24H34N6O3S2/c1-4-33-14-13-20(28-30-24(35)26-16-19-7-11-22(32-3)12-8-19)17-27-29-23(34)25-15-18-5-9-21(31-2)10-6-18/h5-12,17,20,28H,4,13-16H2,1-3H3,(H2,25,29,34)(H2,26,30,35)/b27-17+. The first-order chi connectivity index (χ1) is 17.0. The maximum Gasteiger partial charge on any atom is 0.187 e. The molecule has 190 valence electrons. The number of hydrogen-bond acceptors (Lipinski definition) is 7. The van der Waals surface area contributed by atoms with Crippen molar-refractivity contribution in [2.24, 2.45) is 5.10 Å². The monoisotopic (exact) mass is 518 g/mol. The SMILES string of the molecule is CCOCCC(/C=N/NC(=S)NCc1ccc(OC)cc1)NNC(=S)NCc1ccc(OC)cc1. The highest BCUT2D eigenvalue weighted by molar-refractivity contribution is 7.80. The van der Waals surface area contributed by atoms with Crippen LogP contribution in [0.15, 0.2) is 53.6 Å². The van der Waals surface area contributed by atoms with Gasteiger partial charge in [-0.3, -0.25) is 10.9 Å². The maximum atomic E-state index is 5.47. The molecular formula is C24H34N6O3S2. The topological polar surface area (TPSA) is 100 Å². The van der Waals surface area contributed by atoms with E-state index >= 15 is 0 Å². The van der Waals surface area contributed by atoms with Crippen molar-refractivity contribution in [3.05, 3.63) is 59.7 Å². The largest absolute Gasteiger partial charge is 0.497 e. The number of hydrazone groups is 1. The Bertz CT molecular complexity index is 926. The zero-order valence-corrected chi connectivity index (χ0v) is 21.9. The van der Waals surface area contributed by atoms with Gasteiger partial charge >= 0.3 is 0 Å². The zero-order valence-electron chi connectivity index (χ0n) is 20.3. The minimum Gasteiger partial charge on any atom is -0.497 e. The molecule has 1 unspecified atom stereocenters. The molecule has 0 aliphatic carbocycles. The van der Waals surface area contributed by atoms with Crippen molar-refractivity contribution in [2.45, 2.75) is 32.5 Å². The summed E-state index contributed by atoms with van der Waals surface area (Å²) in [6.45, 7) is 4.35. The number of benzene rings is 2. The van der Waals surface area contributed by atoms with E-state index in [4.69, 9.17) is 38.6 Å². The minimum atomic E-state index is -0.140. The lowest BCUT2D eigenvalue weighted by molar-refractivity contribution is 0.141. The van der Waals surface area contributed by atoms with Gasteiger partial charge in [0, 0.05) is 32.5 Å². The third kappa shape index (κ3) is 11.8. The van der Waals surface area contributed by atoms with Crippen LogP contribution < -0.4 is 36.4 Å². The van der Waals surface area contributed by atoms with Gasteiger partial charge in [-0.05, 0) is 73.2 Å². The quantitative estimate of drug-likeness (QED) is 0.111. The third-order valence-corrected chi connectivity index (χ3v) is 5.28. The van der Waals surface area contributed by atoms with Crippen molar-refractivity contribution in [1.82, 2.24) is 26.9 Å². The first kappa shape index (κ1) is 28.2. The highest BCUT2D eigenvalue weighted by atomic mass is 32.1. The van der Waals surface area contributed by atoms with Crippen molar-refractivity contribution >= 4 is 40.9 Å². The van der Waals surface area contributed by atoms with Gasteiger partial charge < -0.3 is 24.8 Å². The number of ether oxygens (including phenoxy) is 3. The van der Waals surface area contributed by atoms with E-state index in [1.54, 1.807) is 20.4 Å². The summed E-state index contributed by atoms with van der Waals surface area (Å²) in [5, 5.41) is 11.4. The fourth-order valence-electron chi connectivity index (χ4n) is 2.82. The summed E-state index contributed by atoms with van der Waals surface area (Å²) >= 11 is 10.7. The molecule has 0 saturated carbocycles. The Morgan fingerprint density at radius 3 is 1.94 bits per heavy atom. The fraction of sp³-hybridized carbons (Fsp3) is 0.375. The first-order valence-corrected chi connectivity index (χ1v) is 12.1. The average Bonchev–Trinajstić information content (AvgIpc) is 2.89. The van der Waals surface area contributed by atoms with E-state index in [-0.39, 0.29) is 6.04 Å². The lowest BCUT2D eigenvalue weighted by atomic mass is 10.2. The fourth-order valence-corrected chi connectivity index (χ4v) is 3.07. The summed E-state index contributed by atoms with van der Waals surface area (Å²) < 4.78 is 15.8. The van der Waals surface area contributed by atoms with Gasteiger partial charge in [0.15, 0.2) is 10.2 Å². The number of rotatable bonds is 14. The van der Waals surface area contributed by atoms with Crippen LogP contribution in [0.25, 0.3) is 0 Å². The highest BCUT2D eigenvalue weighted by Gasteiger charge is 2.07. The van der Waals surface area contributed by atoms with E-state index in [1.165, 1.54) is 0 Å². The molecule has 0 saturated heterocycles. The minimum absolute atomic E-state index is 0.140. The summed E-state index contributed by atoms with van der Waals surface area (Å²) in [4.78, 5) is 0. The Hall–Kier alpha value is -2.99. The summed E-state index contributed by atoms with van der Waals surface area (Å²) in [7, 11) is 3.29. The van der Waals surface area contributed by atoms with E-state index in [0.717, 1.165) is 22.6 Å². The van der Waals surface area contributed by atoms with Gasteiger partial charge in [-0.2, -0.15) is 5.10 Å². The first-order valence-electron chi connectivity index (χ1n) is 11.2. The van der Waals surface area contributed by atoms with Crippen LogP contribution in [0, 0.1) is 0 Å². The molecule has 0 aliphatic heterocycles. The molecule has 0 spiro atoms. The van der Waals surface area contributed by atoms with Crippen LogP contribution in [-0.4, -0.2) is 49.9 Å². The number of nitrogens with one attached hydrogen (secondary N) is 5. The van der Waals surface area contributed by atoms with E-state index in [2.05, 4.69) is 32.0 Å². The average molecular weight is 519 g/mol.